The number of carbonyl (C=O) groups is 2. The Morgan fingerprint density at radius 2 is 2.30 bits per heavy atom. The predicted octanol–water partition coefficient (Wildman–Crippen LogP) is 2.01. The lowest BCUT2D eigenvalue weighted by Gasteiger charge is -2.30. The quantitative estimate of drug-likeness (QED) is 0.910. The summed E-state index contributed by atoms with van der Waals surface area (Å²) in [7, 11) is 1.77. The van der Waals surface area contributed by atoms with Crippen LogP contribution in [0.15, 0.2) is 16.7 Å². The summed E-state index contributed by atoms with van der Waals surface area (Å²) in [5.74, 6) is 0.0736. The first-order valence-electron chi connectivity index (χ1n) is 6.91. The minimum absolute atomic E-state index is 0.0361. The van der Waals surface area contributed by atoms with Crippen LogP contribution in [0.5, 0.6) is 0 Å². The molecule has 5 nitrogen and oxygen atoms in total. The first-order chi connectivity index (χ1) is 9.51. The summed E-state index contributed by atoms with van der Waals surface area (Å²) in [6, 6.07) is 1.87. The number of likely N-dealkylation sites (tertiary alicyclic amines) is 1. The average Bonchev–Trinajstić information content (AvgIpc) is 2.75. The Morgan fingerprint density at radius 3 is 2.95 bits per heavy atom. The van der Waals surface area contributed by atoms with Crippen molar-refractivity contribution in [1.29, 1.82) is 0 Å². The zero-order chi connectivity index (χ0) is 14.7. The van der Waals surface area contributed by atoms with Crippen molar-refractivity contribution in [3.8, 4) is 0 Å². The molecule has 1 aliphatic rings. The summed E-state index contributed by atoms with van der Waals surface area (Å²) in [5, 5.41) is 3.02. The van der Waals surface area contributed by atoms with E-state index in [2.05, 4.69) is 28.2 Å². The highest BCUT2D eigenvalue weighted by Crippen LogP contribution is 2.17. The molecular formula is C14H20BrN3O2. The Labute approximate surface area is 127 Å². The van der Waals surface area contributed by atoms with Gasteiger partial charge in [0, 0.05) is 43.3 Å². The molecule has 1 unspecified atom stereocenters. The van der Waals surface area contributed by atoms with Crippen LogP contribution in [0.25, 0.3) is 0 Å². The Hall–Kier alpha value is -1.30. The lowest BCUT2D eigenvalue weighted by Crippen LogP contribution is -2.48. The summed E-state index contributed by atoms with van der Waals surface area (Å²) < 4.78 is 2.86. The van der Waals surface area contributed by atoms with Gasteiger partial charge in [-0.15, -0.1) is 0 Å². The molecule has 1 aromatic rings. The Kier molecular flexibility index (Phi) is 4.86. The number of halogens is 1. The average molecular weight is 342 g/mol. The van der Waals surface area contributed by atoms with Crippen LogP contribution in [0.2, 0.25) is 0 Å². The number of hydrogen-bond donors (Lipinski definition) is 1. The van der Waals surface area contributed by atoms with Crippen molar-refractivity contribution >= 4 is 27.7 Å². The molecule has 0 saturated carbocycles. The van der Waals surface area contributed by atoms with Gasteiger partial charge in [0.2, 0.25) is 5.91 Å². The van der Waals surface area contributed by atoms with Crippen molar-refractivity contribution in [3.63, 3.8) is 0 Å². The second-order valence-electron chi connectivity index (χ2n) is 5.22. The van der Waals surface area contributed by atoms with Crippen molar-refractivity contribution in [2.75, 3.05) is 13.6 Å². The number of piperidine rings is 1. The fraction of sp³-hybridized carbons (Fsp3) is 0.571. The van der Waals surface area contributed by atoms with E-state index in [4.69, 9.17) is 0 Å². The summed E-state index contributed by atoms with van der Waals surface area (Å²) >= 11 is 3.41. The zero-order valence-corrected chi connectivity index (χ0v) is 13.4. The van der Waals surface area contributed by atoms with Gasteiger partial charge in [-0.05, 0) is 34.8 Å². The number of aromatic nitrogens is 1. The Morgan fingerprint density at radius 1 is 1.55 bits per heavy atom. The van der Waals surface area contributed by atoms with Gasteiger partial charge in [-0.25, -0.2) is 0 Å². The number of rotatable bonds is 4. The zero-order valence-electron chi connectivity index (χ0n) is 11.9. The molecule has 0 radical (unpaired) electrons. The number of amides is 2. The van der Waals surface area contributed by atoms with Gasteiger partial charge >= 0.3 is 0 Å². The van der Waals surface area contributed by atoms with Gasteiger partial charge in [0.05, 0.1) is 0 Å². The van der Waals surface area contributed by atoms with Gasteiger partial charge in [-0.1, -0.05) is 6.92 Å². The maximum atomic E-state index is 12.4. The van der Waals surface area contributed by atoms with Crippen LogP contribution < -0.4 is 5.32 Å². The maximum absolute atomic E-state index is 12.4. The lowest BCUT2D eigenvalue weighted by atomic mass is 10.1. The molecule has 1 N–H and O–H groups in total. The molecule has 1 saturated heterocycles. The highest BCUT2D eigenvalue weighted by Gasteiger charge is 2.25. The molecule has 1 atom stereocenters. The first kappa shape index (κ1) is 15.1. The fourth-order valence-electron chi connectivity index (χ4n) is 2.48. The molecule has 2 amide bonds. The van der Waals surface area contributed by atoms with Crippen molar-refractivity contribution in [2.24, 2.45) is 0 Å². The third-order valence-corrected chi connectivity index (χ3v) is 3.96. The number of aryl methyl sites for hydroxylation is 1. The van der Waals surface area contributed by atoms with Crippen molar-refractivity contribution in [1.82, 2.24) is 14.8 Å². The fourth-order valence-corrected chi connectivity index (χ4v) is 2.94. The molecule has 0 spiro atoms. The predicted molar refractivity (Wildman–Crippen MR) is 80.5 cm³/mol. The second-order valence-corrected chi connectivity index (χ2v) is 6.14. The molecule has 0 bridgehead atoms. The topological polar surface area (TPSA) is 54.3 Å². The number of likely N-dealkylation sites (N-methyl/N-ethyl adjacent to an activating group) is 1. The number of carbonyl (C=O) groups excluding carboxylic acids is 2. The van der Waals surface area contributed by atoms with Crippen LogP contribution in [0.1, 0.15) is 36.7 Å². The molecule has 20 heavy (non-hydrogen) atoms. The van der Waals surface area contributed by atoms with Gasteiger partial charge in [0.25, 0.3) is 5.91 Å². The van der Waals surface area contributed by atoms with E-state index in [1.54, 1.807) is 11.9 Å². The minimum atomic E-state index is -0.0723. The summed E-state index contributed by atoms with van der Waals surface area (Å²) in [6.07, 6.45) is 4.11. The standard InChI is InChI=1S/C14H20BrN3O2/c1-3-6-18-8-10(15)7-12(18)14(20)16-11-4-5-13(19)17(2)9-11/h7-8,11H,3-6,9H2,1-2H3,(H,16,20). The van der Waals surface area contributed by atoms with E-state index in [-0.39, 0.29) is 17.9 Å². The van der Waals surface area contributed by atoms with Crippen LogP contribution in [-0.2, 0) is 11.3 Å². The van der Waals surface area contributed by atoms with E-state index >= 15 is 0 Å². The van der Waals surface area contributed by atoms with E-state index in [0.29, 0.717) is 25.1 Å². The van der Waals surface area contributed by atoms with Crippen molar-refractivity contribution < 1.29 is 9.59 Å². The summed E-state index contributed by atoms with van der Waals surface area (Å²) in [5.41, 5.74) is 0.665. The van der Waals surface area contributed by atoms with E-state index in [1.807, 2.05) is 16.8 Å². The normalized spacial score (nSPS) is 19.2. The monoisotopic (exact) mass is 341 g/mol. The van der Waals surface area contributed by atoms with E-state index < -0.39 is 0 Å². The minimum Gasteiger partial charge on any atom is -0.346 e. The van der Waals surface area contributed by atoms with Gasteiger partial charge in [-0.3, -0.25) is 9.59 Å². The molecule has 6 heteroatoms. The molecule has 0 aromatic carbocycles. The summed E-state index contributed by atoms with van der Waals surface area (Å²) in [6.45, 7) is 3.48. The Bertz CT molecular complexity index is 513. The van der Waals surface area contributed by atoms with Gasteiger partial charge in [-0.2, -0.15) is 0 Å². The highest BCUT2D eigenvalue weighted by molar-refractivity contribution is 9.10. The molecule has 1 fully saturated rings. The molecule has 1 aliphatic heterocycles. The number of nitrogens with one attached hydrogen (secondary N) is 1. The summed E-state index contributed by atoms with van der Waals surface area (Å²) in [4.78, 5) is 25.5. The number of hydrogen-bond acceptors (Lipinski definition) is 2. The second kappa shape index (κ2) is 6.43. The van der Waals surface area contributed by atoms with Crippen molar-refractivity contribution in [2.45, 2.75) is 38.8 Å². The van der Waals surface area contributed by atoms with Crippen LogP contribution in [0.3, 0.4) is 0 Å². The number of nitrogens with zero attached hydrogens (tertiary/aromatic N) is 2. The largest absolute Gasteiger partial charge is 0.346 e. The molecular weight excluding hydrogens is 322 g/mol. The Balaban J connectivity index is 2.03. The van der Waals surface area contributed by atoms with E-state index in [0.717, 1.165) is 17.4 Å². The third-order valence-electron chi connectivity index (χ3n) is 3.52. The molecule has 2 rings (SSSR count). The van der Waals surface area contributed by atoms with E-state index in [1.165, 1.54) is 0 Å². The van der Waals surface area contributed by atoms with Crippen LogP contribution >= 0.6 is 15.9 Å². The van der Waals surface area contributed by atoms with Crippen LogP contribution in [-0.4, -0.2) is 40.9 Å². The van der Waals surface area contributed by atoms with Crippen LogP contribution in [0.4, 0.5) is 0 Å². The first-order valence-corrected chi connectivity index (χ1v) is 7.71. The molecule has 0 aliphatic carbocycles. The smallest absolute Gasteiger partial charge is 0.268 e. The maximum Gasteiger partial charge on any atom is 0.268 e. The third kappa shape index (κ3) is 3.42. The lowest BCUT2D eigenvalue weighted by molar-refractivity contribution is -0.132. The molecule has 110 valence electrons. The SMILES string of the molecule is CCCn1cc(Br)cc1C(=O)NC1CCC(=O)N(C)C1. The van der Waals surface area contributed by atoms with Gasteiger partial charge in [0.15, 0.2) is 0 Å². The van der Waals surface area contributed by atoms with E-state index in [9.17, 15) is 9.59 Å². The van der Waals surface area contributed by atoms with Crippen LogP contribution in [0, 0.1) is 0 Å². The molecule has 2 heterocycles. The van der Waals surface area contributed by atoms with Crippen molar-refractivity contribution in [3.05, 3.63) is 22.4 Å². The van der Waals surface area contributed by atoms with Gasteiger partial charge < -0.3 is 14.8 Å². The highest BCUT2D eigenvalue weighted by atomic mass is 79.9. The molecule has 1 aromatic heterocycles. The van der Waals surface area contributed by atoms with Gasteiger partial charge in [0.1, 0.15) is 5.69 Å².